The van der Waals surface area contributed by atoms with Crippen molar-refractivity contribution in [3.63, 3.8) is 0 Å². The molecular formula is C37H40F2N6O9S. The van der Waals surface area contributed by atoms with Crippen LogP contribution < -0.4 is 26.6 Å². The summed E-state index contributed by atoms with van der Waals surface area (Å²) in [6.45, 7) is 8.67. The predicted molar refractivity (Wildman–Crippen MR) is 196 cm³/mol. The third-order valence-corrected chi connectivity index (χ3v) is 9.87. The minimum Gasteiger partial charge on any atom is -0.461 e. The molecule has 292 valence electrons. The summed E-state index contributed by atoms with van der Waals surface area (Å²) in [4.78, 5) is 68.8. The van der Waals surface area contributed by atoms with E-state index >= 15 is 8.78 Å². The fourth-order valence-corrected chi connectivity index (χ4v) is 6.57. The Morgan fingerprint density at radius 1 is 1.02 bits per heavy atom. The van der Waals surface area contributed by atoms with Gasteiger partial charge in [0, 0.05) is 48.9 Å². The lowest BCUT2D eigenvalue weighted by Gasteiger charge is -2.21. The molecule has 18 heteroatoms. The second-order valence-electron chi connectivity index (χ2n) is 14.1. The number of hydrogen-bond acceptors (Lipinski definition) is 10. The quantitative estimate of drug-likeness (QED) is 0.190. The molecule has 3 heterocycles. The van der Waals surface area contributed by atoms with Gasteiger partial charge >= 0.3 is 11.7 Å². The highest BCUT2D eigenvalue weighted by Gasteiger charge is 2.28. The van der Waals surface area contributed by atoms with Crippen LogP contribution in [0.1, 0.15) is 61.8 Å². The van der Waals surface area contributed by atoms with E-state index in [0.717, 1.165) is 4.57 Å². The minimum absolute atomic E-state index is 0.00272. The molecule has 3 N–H and O–H groups in total. The minimum atomic E-state index is -4.45. The molecule has 0 fully saturated rings. The number of nitrogens with zero attached hydrogens (tertiary/aromatic N) is 3. The Labute approximate surface area is 314 Å². The molecule has 0 spiro atoms. The standard InChI is InChI=1S/C37H40F2N6O9S/c1-20(2)54-34(48)29(15-21-7-12-31(40-18-21)45-33(47)25-19-53-14-13-30(25)44(6)36(45)50)42-32(46)24-16-27(39)28(17-26(24)38)43-55(51,52)23-10-8-22(9-11-23)41-35(49)37(3,4)5/h7-12,16-18,20,29,43H,13-15,19H2,1-6H3,(H,41,49)(H,42,46)/t29-/m0/s1. The van der Waals surface area contributed by atoms with Crippen LogP contribution in [0, 0.1) is 17.0 Å². The van der Waals surface area contributed by atoms with E-state index in [2.05, 4.69) is 15.6 Å². The molecule has 15 nitrogen and oxygen atoms in total. The molecule has 2 aromatic carbocycles. The fraction of sp³-hybridized carbons (Fsp3) is 0.351. The first-order chi connectivity index (χ1) is 25.8. The van der Waals surface area contributed by atoms with Crippen molar-refractivity contribution in [3.8, 4) is 5.82 Å². The summed E-state index contributed by atoms with van der Waals surface area (Å²) >= 11 is 0. The summed E-state index contributed by atoms with van der Waals surface area (Å²) < 4.78 is 71.5. The highest BCUT2D eigenvalue weighted by Crippen LogP contribution is 2.25. The maximum Gasteiger partial charge on any atom is 0.336 e. The number of carbonyl (C=O) groups excluding carboxylic acids is 3. The number of hydrogen-bond donors (Lipinski definition) is 3. The Morgan fingerprint density at radius 3 is 2.33 bits per heavy atom. The second-order valence-corrected chi connectivity index (χ2v) is 15.8. The Hall–Kier alpha value is -5.75. The molecule has 1 aliphatic rings. The van der Waals surface area contributed by atoms with Crippen LogP contribution in [-0.2, 0) is 55.6 Å². The van der Waals surface area contributed by atoms with Gasteiger partial charge < -0.3 is 20.1 Å². The monoisotopic (exact) mass is 782 g/mol. The Balaban J connectivity index is 1.33. The number of nitrogens with one attached hydrogen (secondary N) is 3. The third-order valence-electron chi connectivity index (χ3n) is 8.49. The van der Waals surface area contributed by atoms with Gasteiger partial charge in [-0.3, -0.25) is 23.7 Å². The molecule has 0 unspecified atom stereocenters. The number of amides is 2. The van der Waals surface area contributed by atoms with Gasteiger partial charge in [0.1, 0.15) is 23.5 Å². The molecule has 0 bridgehead atoms. The normalized spacial score (nSPS) is 13.5. The van der Waals surface area contributed by atoms with Crippen LogP contribution in [0.5, 0.6) is 0 Å². The van der Waals surface area contributed by atoms with Crippen molar-refractivity contribution in [1.29, 1.82) is 0 Å². The van der Waals surface area contributed by atoms with E-state index in [0.29, 0.717) is 47.7 Å². The predicted octanol–water partition coefficient (Wildman–Crippen LogP) is 3.36. The topological polar surface area (TPSA) is 197 Å². The van der Waals surface area contributed by atoms with Crippen LogP contribution in [0.4, 0.5) is 20.2 Å². The van der Waals surface area contributed by atoms with Gasteiger partial charge in [0.05, 0.1) is 41.0 Å². The van der Waals surface area contributed by atoms with Crippen molar-refractivity contribution in [2.75, 3.05) is 16.6 Å². The summed E-state index contributed by atoms with van der Waals surface area (Å²) in [6, 6.07) is 7.40. The molecule has 5 rings (SSSR count). The maximum atomic E-state index is 15.3. The fourth-order valence-electron chi connectivity index (χ4n) is 5.51. The van der Waals surface area contributed by atoms with Crippen LogP contribution in [0.3, 0.4) is 0 Å². The summed E-state index contributed by atoms with van der Waals surface area (Å²) in [6.07, 6.45) is 0.842. The number of esters is 1. The van der Waals surface area contributed by atoms with Crippen LogP contribution in [0.25, 0.3) is 5.82 Å². The van der Waals surface area contributed by atoms with E-state index in [9.17, 15) is 32.4 Å². The third kappa shape index (κ3) is 9.14. The molecule has 0 saturated heterocycles. The number of aromatic nitrogens is 3. The van der Waals surface area contributed by atoms with Crippen LogP contribution >= 0.6 is 0 Å². The second kappa shape index (κ2) is 15.9. The summed E-state index contributed by atoms with van der Waals surface area (Å²) in [5, 5.41) is 4.99. The van der Waals surface area contributed by atoms with Crippen molar-refractivity contribution in [3.05, 3.63) is 110 Å². The largest absolute Gasteiger partial charge is 0.461 e. The van der Waals surface area contributed by atoms with Crippen LogP contribution in [-0.4, -0.2) is 59.1 Å². The number of carbonyl (C=O) groups is 3. The molecule has 4 aromatic rings. The van der Waals surface area contributed by atoms with E-state index < -0.39 is 73.6 Å². The van der Waals surface area contributed by atoms with Gasteiger partial charge in [0.15, 0.2) is 0 Å². The van der Waals surface area contributed by atoms with Crippen LogP contribution in [0.15, 0.2) is 69.2 Å². The smallest absolute Gasteiger partial charge is 0.336 e. The molecule has 0 aliphatic carbocycles. The van der Waals surface area contributed by atoms with Crippen molar-refractivity contribution < 1.29 is 41.1 Å². The highest BCUT2D eigenvalue weighted by molar-refractivity contribution is 7.92. The summed E-state index contributed by atoms with van der Waals surface area (Å²) in [5.74, 6) is -5.01. The number of pyridine rings is 1. The van der Waals surface area contributed by atoms with E-state index in [4.69, 9.17) is 9.47 Å². The number of sulfonamides is 1. The Kier molecular flexibility index (Phi) is 11.7. The van der Waals surface area contributed by atoms with Crippen molar-refractivity contribution >= 4 is 39.2 Å². The Morgan fingerprint density at radius 2 is 1.71 bits per heavy atom. The molecule has 0 radical (unpaired) electrons. The number of rotatable bonds is 11. The number of ether oxygens (including phenoxy) is 2. The van der Waals surface area contributed by atoms with Gasteiger partial charge in [-0.05, 0) is 55.8 Å². The van der Waals surface area contributed by atoms with Gasteiger partial charge in [0.25, 0.3) is 21.5 Å². The molecule has 2 amide bonds. The first-order valence-electron chi connectivity index (χ1n) is 17.1. The van der Waals surface area contributed by atoms with E-state index in [-0.39, 0.29) is 29.6 Å². The molecule has 1 aliphatic heterocycles. The van der Waals surface area contributed by atoms with E-state index in [1.165, 1.54) is 47.2 Å². The molecule has 55 heavy (non-hydrogen) atoms. The van der Waals surface area contributed by atoms with Crippen molar-refractivity contribution in [2.45, 2.75) is 71.1 Å². The van der Waals surface area contributed by atoms with Gasteiger partial charge in [-0.25, -0.2) is 36.3 Å². The van der Waals surface area contributed by atoms with Crippen molar-refractivity contribution in [1.82, 2.24) is 19.4 Å². The number of benzene rings is 2. The zero-order chi connectivity index (χ0) is 40.4. The Bertz CT molecular complexity index is 2370. The average molecular weight is 783 g/mol. The average Bonchev–Trinajstić information content (AvgIpc) is 3.12. The zero-order valence-electron chi connectivity index (χ0n) is 30.9. The van der Waals surface area contributed by atoms with Gasteiger partial charge in [0.2, 0.25) is 5.91 Å². The lowest BCUT2D eigenvalue weighted by Crippen LogP contribution is -2.44. The lowest BCUT2D eigenvalue weighted by atomic mass is 9.95. The molecular weight excluding hydrogens is 743 g/mol. The maximum absolute atomic E-state index is 15.3. The first-order valence-corrected chi connectivity index (χ1v) is 18.6. The SMILES string of the molecule is CC(C)OC(=O)[C@H](Cc1ccc(-n2c(=O)c3c(n(C)c2=O)CCOC3)nc1)NC(=O)c1cc(F)c(NS(=O)(=O)c2ccc(NC(=O)C(C)(C)C)cc2)cc1F. The zero-order valence-corrected chi connectivity index (χ0v) is 31.7. The van der Waals surface area contributed by atoms with Gasteiger partial charge in [-0.1, -0.05) is 26.8 Å². The molecule has 0 saturated carbocycles. The number of anilines is 2. The molecule has 2 aromatic heterocycles. The van der Waals surface area contributed by atoms with Crippen LogP contribution in [0.2, 0.25) is 0 Å². The number of fused-ring (bicyclic) bond motifs is 1. The van der Waals surface area contributed by atoms with Gasteiger partial charge in [-0.15, -0.1) is 0 Å². The summed E-state index contributed by atoms with van der Waals surface area (Å²) in [7, 11) is -2.90. The van der Waals surface area contributed by atoms with Gasteiger partial charge in [-0.2, -0.15) is 0 Å². The van der Waals surface area contributed by atoms with E-state index in [1.54, 1.807) is 41.7 Å². The first kappa shape index (κ1) is 40.4. The van der Waals surface area contributed by atoms with E-state index in [1.807, 2.05) is 4.72 Å². The number of halogens is 2. The lowest BCUT2D eigenvalue weighted by molar-refractivity contribution is -0.149. The highest BCUT2D eigenvalue weighted by atomic mass is 32.2. The van der Waals surface area contributed by atoms with Crippen molar-refractivity contribution in [2.24, 2.45) is 12.5 Å². The summed E-state index contributed by atoms with van der Waals surface area (Å²) in [5.41, 5.74) is -1.93. The molecule has 1 atom stereocenters.